The van der Waals surface area contributed by atoms with Gasteiger partial charge in [0.05, 0.1) is 5.69 Å². The van der Waals surface area contributed by atoms with Crippen molar-refractivity contribution < 1.29 is 5.11 Å². The molecular formula is C21H23N3O2. The van der Waals surface area contributed by atoms with Crippen molar-refractivity contribution in [3.05, 3.63) is 87.8 Å². The Morgan fingerprint density at radius 3 is 2.50 bits per heavy atom. The summed E-state index contributed by atoms with van der Waals surface area (Å²) < 4.78 is 0. The van der Waals surface area contributed by atoms with E-state index < -0.39 is 0 Å². The largest absolute Gasteiger partial charge is 0.508 e. The van der Waals surface area contributed by atoms with Gasteiger partial charge in [0.2, 0.25) is 5.95 Å². The first kappa shape index (κ1) is 17.7. The molecule has 0 saturated carbocycles. The standard InChI is InChI=1S/C21H23N3O2/c1-24(13-5-8-16-9-11-19(25)12-10-16)21-22-18(15-20(26)23-21)14-17-6-3-2-4-7-17/h2-4,6-7,9-12,15,25H,5,8,13-14H2,1H3,(H,22,23,26). The van der Waals surface area contributed by atoms with Gasteiger partial charge in [-0.1, -0.05) is 42.5 Å². The molecule has 0 radical (unpaired) electrons. The van der Waals surface area contributed by atoms with Crippen LogP contribution in [-0.4, -0.2) is 28.7 Å². The lowest BCUT2D eigenvalue weighted by Gasteiger charge is -2.18. The third-order valence-electron chi connectivity index (χ3n) is 4.27. The molecule has 0 saturated heterocycles. The van der Waals surface area contributed by atoms with E-state index in [2.05, 4.69) is 9.97 Å². The molecule has 134 valence electrons. The first-order chi connectivity index (χ1) is 12.6. The van der Waals surface area contributed by atoms with Crippen LogP contribution in [0.3, 0.4) is 0 Å². The molecule has 0 spiro atoms. The molecule has 2 N–H and O–H groups in total. The summed E-state index contributed by atoms with van der Waals surface area (Å²) in [5, 5.41) is 9.33. The molecule has 26 heavy (non-hydrogen) atoms. The Morgan fingerprint density at radius 2 is 1.77 bits per heavy atom. The third kappa shape index (κ3) is 4.96. The van der Waals surface area contributed by atoms with Gasteiger partial charge in [-0.2, -0.15) is 0 Å². The van der Waals surface area contributed by atoms with Gasteiger partial charge < -0.3 is 10.0 Å². The van der Waals surface area contributed by atoms with Gasteiger partial charge in [-0.05, 0) is 36.1 Å². The Bertz CT molecular complexity index is 889. The Labute approximate surface area is 153 Å². The highest BCUT2D eigenvalue weighted by atomic mass is 16.3. The molecule has 1 aromatic heterocycles. The number of nitrogens with zero attached hydrogens (tertiary/aromatic N) is 2. The number of rotatable bonds is 7. The topological polar surface area (TPSA) is 69.2 Å². The lowest BCUT2D eigenvalue weighted by atomic mass is 10.1. The van der Waals surface area contributed by atoms with Crippen molar-refractivity contribution in [2.24, 2.45) is 0 Å². The minimum absolute atomic E-state index is 0.133. The number of hydrogen-bond donors (Lipinski definition) is 2. The molecule has 0 unspecified atom stereocenters. The zero-order valence-corrected chi connectivity index (χ0v) is 14.9. The Morgan fingerprint density at radius 1 is 1.04 bits per heavy atom. The van der Waals surface area contributed by atoms with Crippen molar-refractivity contribution in [3.63, 3.8) is 0 Å². The molecule has 0 fully saturated rings. The summed E-state index contributed by atoms with van der Waals surface area (Å²) in [7, 11) is 1.93. The molecule has 3 aromatic rings. The van der Waals surface area contributed by atoms with Crippen molar-refractivity contribution in [1.82, 2.24) is 9.97 Å². The average Bonchev–Trinajstić information content (AvgIpc) is 2.63. The number of benzene rings is 2. The summed E-state index contributed by atoms with van der Waals surface area (Å²) in [5.74, 6) is 0.872. The highest BCUT2D eigenvalue weighted by Gasteiger charge is 2.07. The van der Waals surface area contributed by atoms with E-state index in [1.165, 1.54) is 5.56 Å². The number of anilines is 1. The summed E-state index contributed by atoms with van der Waals surface area (Å²) in [6.45, 7) is 0.776. The van der Waals surface area contributed by atoms with E-state index in [1.807, 2.05) is 54.4 Å². The van der Waals surface area contributed by atoms with Crippen molar-refractivity contribution in [3.8, 4) is 5.75 Å². The fraction of sp³-hybridized carbons (Fsp3) is 0.238. The number of aryl methyl sites for hydroxylation is 1. The van der Waals surface area contributed by atoms with Crippen LogP contribution in [0.4, 0.5) is 5.95 Å². The number of aromatic hydroxyl groups is 1. The number of H-pyrrole nitrogens is 1. The molecule has 0 atom stereocenters. The summed E-state index contributed by atoms with van der Waals surface area (Å²) in [6.07, 6.45) is 2.46. The Kier molecular flexibility index (Phi) is 5.69. The lowest BCUT2D eigenvalue weighted by Crippen LogP contribution is -2.25. The van der Waals surface area contributed by atoms with Crippen LogP contribution in [0.1, 0.15) is 23.2 Å². The van der Waals surface area contributed by atoms with Crippen LogP contribution < -0.4 is 10.5 Å². The highest BCUT2D eigenvalue weighted by molar-refractivity contribution is 5.31. The second kappa shape index (κ2) is 8.34. The number of aromatic nitrogens is 2. The van der Waals surface area contributed by atoms with Gasteiger partial charge in [0.25, 0.3) is 5.56 Å². The normalized spacial score (nSPS) is 10.7. The molecule has 0 amide bonds. The van der Waals surface area contributed by atoms with Gasteiger partial charge in [0.15, 0.2) is 0 Å². The highest BCUT2D eigenvalue weighted by Crippen LogP contribution is 2.13. The minimum Gasteiger partial charge on any atom is -0.508 e. The maximum absolute atomic E-state index is 12.0. The van der Waals surface area contributed by atoms with Crippen LogP contribution in [0.15, 0.2) is 65.5 Å². The van der Waals surface area contributed by atoms with Gasteiger partial charge in [-0.25, -0.2) is 4.98 Å². The maximum atomic E-state index is 12.0. The van der Waals surface area contributed by atoms with E-state index in [-0.39, 0.29) is 11.3 Å². The number of nitrogens with one attached hydrogen (secondary N) is 1. The number of aromatic amines is 1. The van der Waals surface area contributed by atoms with Crippen LogP contribution in [-0.2, 0) is 12.8 Å². The molecule has 0 bridgehead atoms. The molecule has 0 aliphatic rings. The van der Waals surface area contributed by atoms with Gasteiger partial charge in [0, 0.05) is 26.1 Å². The quantitative estimate of drug-likeness (QED) is 0.688. The van der Waals surface area contributed by atoms with Gasteiger partial charge >= 0.3 is 0 Å². The first-order valence-corrected chi connectivity index (χ1v) is 8.73. The van der Waals surface area contributed by atoms with E-state index >= 15 is 0 Å². The number of phenols is 1. The van der Waals surface area contributed by atoms with Crippen LogP contribution in [0.25, 0.3) is 0 Å². The van der Waals surface area contributed by atoms with Gasteiger partial charge in [-0.15, -0.1) is 0 Å². The van der Waals surface area contributed by atoms with Crippen molar-refractivity contribution >= 4 is 5.95 Å². The Balaban J connectivity index is 1.62. The summed E-state index contributed by atoms with van der Waals surface area (Å²) >= 11 is 0. The van der Waals surface area contributed by atoms with Crippen LogP contribution in [0.2, 0.25) is 0 Å². The van der Waals surface area contributed by atoms with E-state index in [1.54, 1.807) is 18.2 Å². The summed E-state index contributed by atoms with van der Waals surface area (Å²) in [4.78, 5) is 21.4. The molecule has 5 heteroatoms. The van der Waals surface area contributed by atoms with E-state index in [0.717, 1.165) is 30.6 Å². The lowest BCUT2D eigenvalue weighted by molar-refractivity contribution is 0.475. The van der Waals surface area contributed by atoms with Gasteiger partial charge in [0.1, 0.15) is 5.75 Å². The first-order valence-electron chi connectivity index (χ1n) is 8.73. The fourth-order valence-electron chi connectivity index (χ4n) is 2.86. The van der Waals surface area contributed by atoms with Crippen LogP contribution in [0, 0.1) is 0 Å². The second-order valence-corrected chi connectivity index (χ2v) is 6.41. The van der Waals surface area contributed by atoms with E-state index in [4.69, 9.17) is 0 Å². The number of phenolic OH excluding ortho intramolecular Hbond substituents is 1. The van der Waals surface area contributed by atoms with Crippen molar-refractivity contribution in [2.45, 2.75) is 19.3 Å². The summed E-state index contributed by atoms with van der Waals surface area (Å²) in [5.41, 5.74) is 2.94. The molecule has 5 nitrogen and oxygen atoms in total. The molecule has 2 aromatic carbocycles. The van der Waals surface area contributed by atoms with Crippen LogP contribution >= 0.6 is 0 Å². The van der Waals surface area contributed by atoms with E-state index in [9.17, 15) is 9.90 Å². The van der Waals surface area contributed by atoms with Crippen LogP contribution in [0.5, 0.6) is 5.75 Å². The minimum atomic E-state index is -0.133. The molecule has 1 heterocycles. The fourth-order valence-corrected chi connectivity index (χ4v) is 2.86. The monoisotopic (exact) mass is 349 g/mol. The summed E-state index contributed by atoms with van der Waals surface area (Å²) in [6, 6.07) is 18.8. The van der Waals surface area contributed by atoms with E-state index in [0.29, 0.717) is 12.4 Å². The maximum Gasteiger partial charge on any atom is 0.252 e. The molecule has 0 aliphatic carbocycles. The number of hydrogen-bond acceptors (Lipinski definition) is 4. The van der Waals surface area contributed by atoms with Crippen molar-refractivity contribution in [2.75, 3.05) is 18.5 Å². The predicted octanol–water partition coefficient (Wildman–Crippen LogP) is 3.14. The zero-order chi connectivity index (χ0) is 18.4. The average molecular weight is 349 g/mol. The Hall–Kier alpha value is -3.08. The molecular weight excluding hydrogens is 326 g/mol. The second-order valence-electron chi connectivity index (χ2n) is 6.41. The SMILES string of the molecule is CN(CCCc1ccc(O)cc1)c1nc(Cc2ccccc2)cc(=O)[nH]1. The smallest absolute Gasteiger partial charge is 0.252 e. The molecule has 3 rings (SSSR count). The predicted molar refractivity (Wildman–Crippen MR) is 104 cm³/mol. The zero-order valence-electron chi connectivity index (χ0n) is 14.9. The van der Waals surface area contributed by atoms with Crippen molar-refractivity contribution in [1.29, 1.82) is 0 Å². The third-order valence-corrected chi connectivity index (χ3v) is 4.27. The van der Waals surface area contributed by atoms with Gasteiger partial charge in [-0.3, -0.25) is 9.78 Å². The molecule has 0 aliphatic heterocycles.